The Morgan fingerprint density at radius 3 is 2.69 bits per heavy atom. The summed E-state index contributed by atoms with van der Waals surface area (Å²) >= 11 is 0. The van der Waals surface area contributed by atoms with Gasteiger partial charge in [-0.3, -0.25) is 9.88 Å². The first-order valence-corrected chi connectivity index (χ1v) is 9.97. The van der Waals surface area contributed by atoms with Gasteiger partial charge >= 0.3 is 0 Å². The van der Waals surface area contributed by atoms with Crippen molar-refractivity contribution in [2.24, 2.45) is 0 Å². The molecule has 29 heavy (non-hydrogen) atoms. The second-order valence-corrected chi connectivity index (χ2v) is 7.05. The lowest BCUT2D eigenvalue weighted by Crippen LogP contribution is -2.37. The maximum Gasteiger partial charge on any atom is 0.221 e. The Kier molecular flexibility index (Phi) is 6.29. The first-order chi connectivity index (χ1) is 14.3. The van der Waals surface area contributed by atoms with Crippen LogP contribution in [-0.2, 0) is 4.74 Å². The topological polar surface area (TPSA) is 89.2 Å². The first-order valence-electron chi connectivity index (χ1n) is 9.97. The molecule has 1 aromatic carbocycles. The van der Waals surface area contributed by atoms with Crippen LogP contribution in [0.5, 0.6) is 0 Å². The molecule has 1 saturated heterocycles. The predicted molar refractivity (Wildman–Crippen MR) is 115 cm³/mol. The van der Waals surface area contributed by atoms with Crippen LogP contribution in [0.3, 0.4) is 0 Å². The second-order valence-electron chi connectivity index (χ2n) is 7.05. The summed E-state index contributed by atoms with van der Waals surface area (Å²) in [6.07, 6.45) is 6.46. The van der Waals surface area contributed by atoms with Gasteiger partial charge in [-0.2, -0.15) is 4.98 Å². The van der Waals surface area contributed by atoms with E-state index in [2.05, 4.69) is 49.4 Å². The van der Waals surface area contributed by atoms with Crippen molar-refractivity contribution in [3.63, 3.8) is 0 Å². The molecule has 0 amide bonds. The number of nitrogens with one attached hydrogen (secondary N) is 1. The quantitative estimate of drug-likeness (QED) is 0.600. The lowest BCUT2D eigenvalue weighted by atomic mass is 10.0. The monoisotopic (exact) mass is 390 g/mol. The number of nitrogens with zero attached hydrogens (tertiary/aromatic N) is 4. The lowest BCUT2D eigenvalue weighted by Gasteiger charge is -2.26. The number of hydrogen-bond donors (Lipinski definition) is 2. The van der Waals surface area contributed by atoms with Crippen molar-refractivity contribution in [1.82, 2.24) is 19.9 Å². The normalized spacial score (nSPS) is 14.6. The van der Waals surface area contributed by atoms with Gasteiger partial charge in [0.2, 0.25) is 5.95 Å². The van der Waals surface area contributed by atoms with E-state index in [-0.39, 0.29) is 5.95 Å². The zero-order valence-corrected chi connectivity index (χ0v) is 16.4. The summed E-state index contributed by atoms with van der Waals surface area (Å²) in [6.45, 7) is 5.53. The van der Waals surface area contributed by atoms with E-state index in [9.17, 15) is 0 Å². The maximum absolute atomic E-state index is 5.86. The predicted octanol–water partition coefficient (Wildman–Crippen LogP) is 2.92. The minimum absolute atomic E-state index is 0.271. The number of morpholine rings is 1. The molecule has 0 unspecified atom stereocenters. The molecule has 0 spiro atoms. The molecule has 0 aliphatic carbocycles. The van der Waals surface area contributed by atoms with Crippen LogP contribution >= 0.6 is 0 Å². The Morgan fingerprint density at radius 1 is 1.03 bits per heavy atom. The Bertz CT molecular complexity index is 928. The van der Waals surface area contributed by atoms with Crippen molar-refractivity contribution in [1.29, 1.82) is 0 Å². The van der Waals surface area contributed by atoms with Gasteiger partial charge < -0.3 is 15.8 Å². The fourth-order valence-electron chi connectivity index (χ4n) is 3.48. The van der Waals surface area contributed by atoms with Crippen molar-refractivity contribution >= 4 is 11.8 Å². The number of benzene rings is 1. The van der Waals surface area contributed by atoms with E-state index in [1.165, 1.54) is 0 Å². The molecule has 3 N–H and O–H groups in total. The molecule has 3 aromatic rings. The minimum Gasteiger partial charge on any atom is -0.379 e. The molecule has 4 rings (SSSR count). The van der Waals surface area contributed by atoms with E-state index < -0.39 is 0 Å². The number of nitrogen functional groups attached to an aromatic ring is 1. The molecule has 0 saturated carbocycles. The van der Waals surface area contributed by atoms with E-state index in [1.807, 2.05) is 18.3 Å². The summed E-state index contributed by atoms with van der Waals surface area (Å²) < 4.78 is 5.40. The summed E-state index contributed by atoms with van der Waals surface area (Å²) in [5.41, 5.74) is 10.0. The van der Waals surface area contributed by atoms with Gasteiger partial charge in [-0.1, -0.05) is 24.3 Å². The zero-order chi connectivity index (χ0) is 19.9. The van der Waals surface area contributed by atoms with Crippen LogP contribution in [0.4, 0.5) is 11.8 Å². The molecule has 2 aromatic heterocycles. The van der Waals surface area contributed by atoms with Crippen molar-refractivity contribution in [3.8, 4) is 22.3 Å². The van der Waals surface area contributed by atoms with Crippen LogP contribution in [0, 0.1) is 0 Å². The van der Waals surface area contributed by atoms with Crippen LogP contribution in [0.15, 0.2) is 55.0 Å². The zero-order valence-electron chi connectivity index (χ0n) is 16.4. The van der Waals surface area contributed by atoms with Crippen molar-refractivity contribution in [3.05, 3.63) is 55.0 Å². The maximum atomic E-state index is 5.86. The fraction of sp³-hybridized carbons (Fsp3) is 0.318. The number of rotatable bonds is 7. The molecule has 3 heterocycles. The van der Waals surface area contributed by atoms with Gasteiger partial charge in [0, 0.05) is 49.4 Å². The van der Waals surface area contributed by atoms with E-state index in [0.29, 0.717) is 0 Å². The van der Waals surface area contributed by atoms with E-state index in [4.69, 9.17) is 10.5 Å². The van der Waals surface area contributed by atoms with Crippen LogP contribution in [0.2, 0.25) is 0 Å². The standard InChI is InChI=1S/C22H26N6O/c23-22-26-16-20(18-5-1-4-17(14-18)19-6-2-7-24-15-19)21(27-22)25-8-3-9-28-10-12-29-13-11-28/h1-2,4-7,14-16H,3,8-13H2,(H3,23,25,26,27). The molecule has 1 fully saturated rings. The molecule has 1 aliphatic heterocycles. The third-order valence-corrected chi connectivity index (χ3v) is 5.02. The van der Waals surface area contributed by atoms with Crippen LogP contribution < -0.4 is 11.1 Å². The molecule has 150 valence electrons. The SMILES string of the molecule is Nc1ncc(-c2cccc(-c3cccnc3)c2)c(NCCCN2CCOCC2)n1. The van der Waals surface area contributed by atoms with Gasteiger partial charge in [-0.15, -0.1) is 0 Å². The van der Waals surface area contributed by atoms with Crippen LogP contribution in [-0.4, -0.2) is 59.2 Å². The number of anilines is 2. The van der Waals surface area contributed by atoms with Crippen molar-refractivity contribution < 1.29 is 4.74 Å². The molecule has 1 aliphatic rings. The highest BCUT2D eigenvalue weighted by atomic mass is 16.5. The average molecular weight is 390 g/mol. The highest BCUT2D eigenvalue weighted by Crippen LogP contribution is 2.30. The average Bonchev–Trinajstić information content (AvgIpc) is 2.78. The number of nitrogens with two attached hydrogens (primary N) is 1. The number of hydrogen-bond acceptors (Lipinski definition) is 7. The molecule has 7 heteroatoms. The lowest BCUT2D eigenvalue weighted by molar-refractivity contribution is 0.0378. The molecular formula is C22H26N6O. The third-order valence-electron chi connectivity index (χ3n) is 5.02. The van der Waals surface area contributed by atoms with Gasteiger partial charge in [0.25, 0.3) is 0 Å². The Hall–Kier alpha value is -3.03. The molecular weight excluding hydrogens is 364 g/mol. The summed E-state index contributed by atoms with van der Waals surface area (Å²) in [5, 5.41) is 3.45. The number of pyridine rings is 1. The molecule has 0 atom stereocenters. The van der Waals surface area contributed by atoms with Gasteiger partial charge in [-0.05, 0) is 36.2 Å². The van der Waals surface area contributed by atoms with Gasteiger partial charge in [-0.25, -0.2) is 4.98 Å². The van der Waals surface area contributed by atoms with Crippen LogP contribution in [0.1, 0.15) is 6.42 Å². The van der Waals surface area contributed by atoms with Crippen molar-refractivity contribution in [2.45, 2.75) is 6.42 Å². The Labute approximate surface area is 171 Å². The van der Waals surface area contributed by atoms with Gasteiger partial charge in [0.1, 0.15) is 5.82 Å². The highest BCUT2D eigenvalue weighted by molar-refractivity contribution is 5.79. The number of aromatic nitrogens is 3. The van der Waals surface area contributed by atoms with Crippen LogP contribution in [0.25, 0.3) is 22.3 Å². The summed E-state index contributed by atoms with van der Waals surface area (Å²) in [7, 11) is 0. The Morgan fingerprint density at radius 2 is 1.86 bits per heavy atom. The molecule has 0 radical (unpaired) electrons. The van der Waals surface area contributed by atoms with Gasteiger partial charge in [0.15, 0.2) is 0 Å². The number of ether oxygens (including phenoxy) is 1. The summed E-state index contributed by atoms with van der Waals surface area (Å²) in [6, 6.07) is 12.3. The largest absolute Gasteiger partial charge is 0.379 e. The fourth-order valence-corrected chi connectivity index (χ4v) is 3.48. The second kappa shape index (κ2) is 9.45. The smallest absolute Gasteiger partial charge is 0.221 e. The van der Waals surface area contributed by atoms with E-state index >= 15 is 0 Å². The van der Waals surface area contributed by atoms with E-state index in [0.717, 1.165) is 73.9 Å². The van der Waals surface area contributed by atoms with Gasteiger partial charge in [0.05, 0.1) is 13.2 Å². The third kappa shape index (κ3) is 5.07. The molecule has 7 nitrogen and oxygen atoms in total. The first kappa shape index (κ1) is 19.3. The minimum atomic E-state index is 0.271. The Balaban J connectivity index is 1.48. The molecule has 0 bridgehead atoms. The van der Waals surface area contributed by atoms with E-state index in [1.54, 1.807) is 12.4 Å². The van der Waals surface area contributed by atoms with Crippen molar-refractivity contribution in [2.75, 3.05) is 50.4 Å². The summed E-state index contributed by atoms with van der Waals surface area (Å²) in [4.78, 5) is 15.3. The highest BCUT2D eigenvalue weighted by Gasteiger charge is 2.12. The summed E-state index contributed by atoms with van der Waals surface area (Å²) in [5.74, 6) is 1.04.